The maximum atomic E-state index is 13.4. The molecule has 0 aliphatic carbocycles. The number of carbonyl (C=O) groups excluding carboxylic acids is 1. The van der Waals surface area contributed by atoms with Crippen LogP contribution < -0.4 is 9.80 Å². The first-order valence-electron chi connectivity index (χ1n) is 12.8. The van der Waals surface area contributed by atoms with Crippen molar-refractivity contribution in [2.75, 3.05) is 55.1 Å². The van der Waals surface area contributed by atoms with Crippen LogP contribution in [0.25, 0.3) is 6.08 Å². The molecule has 0 radical (unpaired) electrons. The number of thioether (sulfide) groups is 1. The van der Waals surface area contributed by atoms with E-state index < -0.39 is 26.0 Å². The normalized spacial score (nSPS) is 30.9. The van der Waals surface area contributed by atoms with E-state index in [9.17, 15) is 4.79 Å². The van der Waals surface area contributed by atoms with Crippen molar-refractivity contribution >= 4 is 58.3 Å². The topological polar surface area (TPSA) is 26.8 Å². The molecule has 2 aromatic carbocycles. The second-order valence-corrected chi connectivity index (χ2v) is 8.26. The zero-order chi connectivity index (χ0) is 27.6. The van der Waals surface area contributed by atoms with Crippen LogP contribution in [0.3, 0.4) is 0 Å². The van der Waals surface area contributed by atoms with Crippen LogP contribution in [0.1, 0.15) is 16.5 Å². The van der Waals surface area contributed by atoms with Crippen molar-refractivity contribution in [3.05, 3.63) is 63.0 Å². The van der Waals surface area contributed by atoms with Crippen molar-refractivity contribution < 1.29 is 15.8 Å². The van der Waals surface area contributed by atoms with Gasteiger partial charge in [0.2, 0.25) is 0 Å². The molecule has 2 heterocycles. The molecule has 0 bridgehead atoms. The maximum Gasteiger partial charge on any atom is 0.264 e. The minimum Gasteiger partial charge on any atom is -0.368 e. The van der Waals surface area contributed by atoms with Gasteiger partial charge >= 0.3 is 0 Å². The molecule has 0 aromatic heterocycles. The number of benzene rings is 2. The highest BCUT2D eigenvalue weighted by molar-refractivity contribution is 8.04. The monoisotopic (exact) mass is 455 g/mol. The van der Waals surface area contributed by atoms with Crippen LogP contribution in [0.5, 0.6) is 0 Å². The molecule has 1 amide bonds. The fourth-order valence-electron chi connectivity index (χ4n) is 2.93. The molecule has 0 spiro atoms. The molecule has 4 rings (SSSR count). The van der Waals surface area contributed by atoms with Gasteiger partial charge in [-0.15, -0.1) is 11.8 Å². The number of anilines is 2. The standard InChI is InChI=1S/C22H23Cl2N3OS/c1-25-8-10-26(11-9-25)20-5-3-2-4-16(20)14-21-22(28)27(12-13-29-21)17-6-7-18(23)19(24)15-17/h2-7,14-15H,8-13H2,1H3/b21-14-/i8D2,9D2,10D2,11D2. The predicted octanol–water partition coefficient (Wildman–Crippen LogP) is 4.87. The van der Waals surface area contributed by atoms with Gasteiger partial charge in [-0.05, 0) is 43.0 Å². The Morgan fingerprint density at radius 3 is 2.59 bits per heavy atom. The highest BCUT2D eigenvalue weighted by Gasteiger charge is 2.26. The highest BCUT2D eigenvalue weighted by Crippen LogP contribution is 2.34. The quantitative estimate of drug-likeness (QED) is 0.616. The van der Waals surface area contributed by atoms with Crippen LogP contribution in [0.2, 0.25) is 10.0 Å². The zero-order valence-corrected chi connectivity index (χ0v) is 17.8. The van der Waals surface area contributed by atoms with Crippen molar-refractivity contribution in [2.24, 2.45) is 0 Å². The average molecular weight is 456 g/mol. The number of halogens is 2. The minimum absolute atomic E-state index is 0.0917. The van der Waals surface area contributed by atoms with Gasteiger partial charge in [0.15, 0.2) is 0 Å². The minimum atomic E-state index is -2.98. The number of rotatable bonds is 3. The number of hydrogen-bond donors (Lipinski definition) is 0. The summed E-state index contributed by atoms with van der Waals surface area (Å²) in [7, 11) is 1.01. The van der Waals surface area contributed by atoms with E-state index in [1.165, 1.54) is 34.9 Å². The van der Waals surface area contributed by atoms with Gasteiger partial charge in [0.1, 0.15) is 0 Å². The Labute approximate surface area is 197 Å². The summed E-state index contributed by atoms with van der Waals surface area (Å²) in [6.07, 6.45) is 1.49. The third-order valence-electron chi connectivity index (χ3n) is 4.37. The Bertz CT molecular complexity index is 1250. The van der Waals surface area contributed by atoms with E-state index in [1.807, 2.05) is 0 Å². The summed E-state index contributed by atoms with van der Waals surface area (Å²) in [5, 5.41) is 0.647. The molecular weight excluding hydrogens is 425 g/mol. The third-order valence-corrected chi connectivity index (χ3v) is 6.10. The molecule has 0 saturated carbocycles. The summed E-state index contributed by atoms with van der Waals surface area (Å²) >= 11 is 13.4. The van der Waals surface area contributed by atoms with E-state index in [0.29, 0.717) is 42.7 Å². The molecule has 29 heavy (non-hydrogen) atoms. The average Bonchev–Trinajstić information content (AvgIpc) is 2.81. The van der Waals surface area contributed by atoms with Gasteiger partial charge in [0.25, 0.3) is 5.91 Å². The van der Waals surface area contributed by atoms with Crippen LogP contribution in [0, 0.1) is 0 Å². The first-order valence-corrected chi connectivity index (χ1v) is 10.5. The molecule has 2 aliphatic heterocycles. The molecule has 152 valence electrons. The lowest BCUT2D eigenvalue weighted by molar-refractivity contribution is -0.114. The van der Waals surface area contributed by atoms with Gasteiger partial charge in [-0.1, -0.05) is 41.4 Å². The summed E-state index contributed by atoms with van der Waals surface area (Å²) in [5.74, 6) is 0.195. The van der Waals surface area contributed by atoms with Crippen LogP contribution in [-0.2, 0) is 4.79 Å². The Balaban J connectivity index is 1.81. The van der Waals surface area contributed by atoms with E-state index in [-0.39, 0.29) is 17.2 Å². The van der Waals surface area contributed by atoms with Crippen molar-refractivity contribution in [1.29, 1.82) is 0 Å². The lowest BCUT2D eigenvalue weighted by Gasteiger charge is -2.35. The molecule has 0 unspecified atom stereocenters. The number of nitrogens with zero attached hydrogens (tertiary/aromatic N) is 3. The molecule has 2 aliphatic rings. The van der Waals surface area contributed by atoms with Gasteiger partial charge in [-0.3, -0.25) is 4.79 Å². The van der Waals surface area contributed by atoms with Crippen LogP contribution in [0.15, 0.2) is 47.4 Å². The van der Waals surface area contributed by atoms with E-state index in [0.717, 1.165) is 7.05 Å². The van der Waals surface area contributed by atoms with Crippen molar-refractivity contribution in [3.8, 4) is 0 Å². The van der Waals surface area contributed by atoms with Crippen LogP contribution >= 0.6 is 35.0 Å². The highest BCUT2D eigenvalue weighted by atomic mass is 35.5. The predicted molar refractivity (Wildman–Crippen MR) is 125 cm³/mol. The summed E-state index contributed by atoms with van der Waals surface area (Å²) in [4.78, 5) is 16.2. The molecular formula is C22H23Cl2N3OS. The van der Waals surface area contributed by atoms with E-state index >= 15 is 0 Å². The Kier molecular flexibility index (Phi) is 4.01. The van der Waals surface area contributed by atoms with Crippen molar-refractivity contribution in [1.82, 2.24) is 4.90 Å². The fraction of sp³-hybridized carbons (Fsp3) is 0.318. The van der Waals surface area contributed by atoms with Gasteiger partial charge in [-0.2, -0.15) is 0 Å². The van der Waals surface area contributed by atoms with Gasteiger partial charge in [0, 0.05) is 55.1 Å². The number of hydrogen-bond acceptors (Lipinski definition) is 4. The number of carbonyl (C=O) groups is 1. The first-order chi connectivity index (χ1) is 17.0. The number of piperazine rings is 1. The molecule has 4 nitrogen and oxygen atoms in total. The summed E-state index contributed by atoms with van der Waals surface area (Å²) in [6.45, 7) is -11.4. The van der Waals surface area contributed by atoms with Crippen molar-refractivity contribution in [2.45, 2.75) is 0 Å². The summed E-state index contributed by atoms with van der Waals surface area (Å²) < 4.78 is 67.6. The fourth-order valence-corrected chi connectivity index (χ4v) is 4.16. The molecule has 2 aromatic rings. The van der Waals surface area contributed by atoms with Gasteiger partial charge in [0.05, 0.1) is 20.4 Å². The maximum absolute atomic E-state index is 13.4. The Hall–Kier alpha value is -1.66. The van der Waals surface area contributed by atoms with Gasteiger partial charge < -0.3 is 14.7 Å². The number of likely N-dealkylation sites (N-methyl/N-ethyl adjacent to an activating group) is 1. The van der Waals surface area contributed by atoms with Crippen molar-refractivity contribution in [3.63, 3.8) is 0 Å². The molecule has 0 N–H and O–H groups in total. The lowest BCUT2D eigenvalue weighted by atomic mass is 10.1. The molecule has 7 heteroatoms. The van der Waals surface area contributed by atoms with E-state index in [4.69, 9.17) is 34.2 Å². The smallest absolute Gasteiger partial charge is 0.264 e. The van der Waals surface area contributed by atoms with Crippen LogP contribution in [-0.4, -0.2) is 56.1 Å². The van der Waals surface area contributed by atoms with Crippen LogP contribution in [0.4, 0.5) is 11.4 Å². The zero-order valence-electron chi connectivity index (χ0n) is 23.4. The number of amides is 1. The molecule has 2 saturated heterocycles. The molecule has 0 atom stereocenters. The third kappa shape index (κ3) is 4.58. The molecule has 2 fully saturated rings. The van der Waals surface area contributed by atoms with Gasteiger partial charge in [-0.25, -0.2) is 0 Å². The largest absolute Gasteiger partial charge is 0.368 e. The SMILES string of the molecule is [2H]C1([2H])N(C)C([2H])([2H])C([2H])([2H])N(c2ccccc2/C=C2\SCCN(c3ccc(Cl)c(Cl)c3)C2=O)C1([2H])[2H]. The number of para-hydroxylation sites is 1. The summed E-state index contributed by atoms with van der Waals surface area (Å²) in [5.41, 5.74) is 0.691. The van der Waals surface area contributed by atoms with E-state index in [1.54, 1.807) is 30.3 Å². The second-order valence-electron chi connectivity index (χ2n) is 6.31. The van der Waals surface area contributed by atoms with E-state index in [2.05, 4.69) is 0 Å². The Morgan fingerprint density at radius 2 is 1.83 bits per heavy atom. The second kappa shape index (κ2) is 9.00. The first kappa shape index (κ1) is 12.9. The summed E-state index contributed by atoms with van der Waals surface area (Å²) in [6, 6.07) is 10.9. The Morgan fingerprint density at radius 1 is 1.07 bits per heavy atom. The lowest BCUT2D eigenvalue weighted by Crippen LogP contribution is -2.44.